The van der Waals surface area contributed by atoms with E-state index in [4.69, 9.17) is 4.52 Å². The molecular weight excluding hydrogens is 278 g/mol. The molecule has 1 aromatic heterocycles. The number of hydrogen-bond donors (Lipinski definition) is 2. The van der Waals surface area contributed by atoms with Crippen molar-refractivity contribution in [2.45, 2.75) is 64.5 Å². The molecule has 1 aromatic rings. The van der Waals surface area contributed by atoms with Crippen molar-refractivity contribution in [3.8, 4) is 0 Å². The minimum Gasteiger partial charge on any atom is -0.361 e. The van der Waals surface area contributed by atoms with Crippen molar-refractivity contribution in [3.63, 3.8) is 0 Å². The second kappa shape index (κ2) is 5.00. The summed E-state index contributed by atoms with van der Waals surface area (Å²) in [6, 6.07) is -0.0399. The zero-order valence-electron chi connectivity index (χ0n) is 13.4. The largest absolute Gasteiger partial charge is 0.361 e. The summed E-state index contributed by atoms with van der Waals surface area (Å²) in [5.41, 5.74) is 1.91. The van der Waals surface area contributed by atoms with Crippen LogP contribution in [0, 0.1) is 31.6 Å². The lowest BCUT2D eigenvalue weighted by Gasteiger charge is -2.56. The highest BCUT2D eigenvalue weighted by molar-refractivity contribution is 5.75. The molecule has 5 nitrogen and oxygen atoms in total. The first-order valence-electron chi connectivity index (χ1n) is 8.51. The van der Waals surface area contributed by atoms with Gasteiger partial charge in [-0.2, -0.15) is 0 Å². The zero-order valence-corrected chi connectivity index (χ0v) is 13.4. The van der Waals surface area contributed by atoms with Crippen molar-refractivity contribution in [3.05, 3.63) is 17.0 Å². The first-order valence-corrected chi connectivity index (χ1v) is 8.51. The molecule has 4 saturated carbocycles. The number of aryl methyl sites for hydroxylation is 2. The monoisotopic (exact) mass is 303 g/mol. The van der Waals surface area contributed by atoms with Crippen LogP contribution in [0.3, 0.4) is 0 Å². The fourth-order valence-corrected chi connectivity index (χ4v) is 5.47. The van der Waals surface area contributed by atoms with Crippen LogP contribution in [0.5, 0.6) is 0 Å². The lowest BCUT2D eigenvalue weighted by Crippen LogP contribution is -2.61. The summed E-state index contributed by atoms with van der Waals surface area (Å²) in [5.74, 6) is 3.31. The Bertz CT molecular complexity index is 538. The van der Waals surface area contributed by atoms with Gasteiger partial charge in [-0.3, -0.25) is 0 Å². The van der Waals surface area contributed by atoms with E-state index in [1.165, 1.54) is 38.5 Å². The summed E-state index contributed by atoms with van der Waals surface area (Å²) in [4.78, 5) is 12.4. The third kappa shape index (κ3) is 2.40. The third-order valence-corrected chi connectivity index (χ3v) is 6.02. The molecule has 22 heavy (non-hydrogen) atoms. The van der Waals surface area contributed by atoms with E-state index >= 15 is 0 Å². The Kier molecular flexibility index (Phi) is 3.20. The number of aromatic nitrogens is 1. The van der Waals surface area contributed by atoms with E-state index in [1.54, 1.807) is 0 Å². The van der Waals surface area contributed by atoms with Crippen LogP contribution >= 0.6 is 0 Å². The Morgan fingerprint density at radius 3 is 2.27 bits per heavy atom. The Morgan fingerprint density at radius 2 is 1.77 bits per heavy atom. The van der Waals surface area contributed by atoms with Gasteiger partial charge in [0.2, 0.25) is 0 Å². The molecule has 5 heteroatoms. The van der Waals surface area contributed by atoms with Gasteiger partial charge in [0.25, 0.3) is 0 Å². The maximum atomic E-state index is 12.4. The second-order valence-corrected chi connectivity index (χ2v) is 7.81. The quantitative estimate of drug-likeness (QED) is 0.902. The molecule has 4 bridgehead atoms. The minimum absolute atomic E-state index is 0.0399. The highest BCUT2D eigenvalue weighted by atomic mass is 16.5. The number of urea groups is 1. The summed E-state index contributed by atoms with van der Waals surface area (Å²) in [7, 11) is 0. The molecule has 4 aliphatic carbocycles. The molecule has 2 N–H and O–H groups in total. The van der Waals surface area contributed by atoms with Crippen LogP contribution in [0.4, 0.5) is 4.79 Å². The lowest BCUT2D eigenvalue weighted by molar-refractivity contribution is -0.0135. The van der Waals surface area contributed by atoms with E-state index in [9.17, 15) is 4.79 Å². The fourth-order valence-electron chi connectivity index (χ4n) is 5.47. The molecule has 0 atom stereocenters. The molecule has 1 heterocycles. The maximum Gasteiger partial charge on any atom is 0.315 e. The maximum absolute atomic E-state index is 12.4. The van der Waals surface area contributed by atoms with E-state index in [0.29, 0.717) is 6.54 Å². The van der Waals surface area contributed by atoms with E-state index in [1.807, 2.05) is 13.8 Å². The van der Waals surface area contributed by atoms with Gasteiger partial charge in [-0.25, -0.2) is 4.79 Å². The van der Waals surface area contributed by atoms with Gasteiger partial charge >= 0.3 is 6.03 Å². The normalized spacial score (nSPS) is 35.6. The van der Waals surface area contributed by atoms with Crippen LogP contribution in [0.15, 0.2) is 4.52 Å². The van der Waals surface area contributed by atoms with Crippen molar-refractivity contribution in [1.29, 1.82) is 0 Å². The highest BCUT2D eigenvalue weighted by Crippen LogP contribution is 2.55. The molecule has 0 unspecified atom stereocenters. The summed E-state index contributed by atoms with van der Waals surface area (Å²) in [5, 5.41) is 10.2. The van der Waals surface area contributed by atoms with Crippen molar-refractivity contribution in [1.82, 2.24) is 15.8 Å². The molecule has 0 aromatic carbocycles. The molecule has 0 radical (unpaired) electrons. The first kappa shape index (κ1) is 14.1. The number of carbonyl (C=O) groups excluding carboxylic acids is 1. The second-order valence-electron chi connectivity index (χ2n) is 7.81. The smallest absolute Gasteiger partial charge is 0.315 e. The summed E-state index contributed by atoms with van der Waals surface area (Å²) in [6.07, 6.45) is 7.71. The number of hydrogen-bond acceptors (Lipinski definition) is 3. The molecule has 5 rings (SSSR count). The predicted molar refractivity (Wildman–Crippen MR) is 82.3 cm³/mol. The Balaban J connectivity index is 1.38. The summed E-state index contributed by atoms with van der Waals surface area (Å²) < 4.78 is 5.14. The van der Waals surface area contributed by atoms with Gasteiger partial charge in [-0.1, -0.05) is 5.16 Å². The van der Waals surface area contributed by atoms with Gasteiger partial charge in [0.05, 0.1) is 5.69 Å². The number of carbonyl (C=O) groups is 1. The predicted octanol–water partition coefficient (Wildman–Crippen LogP) is 3.06. The Labute approximate surface area is 131 Å². The standard InChI is InChI=1S/C17H25N3O2/c1-10-15(11(2)22-20-10)9-18-16(21)19-17-6-12-3-13(7-17)5-14(4-12)8-17/h12-14H,3-9H2,1-2H3,(H2,18,19,21). The van der Waals surface area contributed by atoms with Gasteiger partial charge in [0, 0.05) is 17.6 Å². The van der Waals surface area contributed by atoms with Gasteiger partial charge < -0.3 is 15.2 Å². The average molecular weight is 303 g/mol. The van der Waals surface area contributed by atoms with Gasteiger partial charge in [-0.15, -0.1) is 0 Å². The Hall–Kier alpha value is -1.52. The van der Waals surface area contributed by atoms with Crippen molar-refractivity contribution in [2.24, 2.45) is 17.8 Å². The van der Waals surface area contributed by atoms with Crippen LogP contribution in [0.2, 0.25) is 0 Å². The number of amides is 2. The van der Waals surface area contributed by atoms with Crippen LogP contribution in [0.1, 0.15) is 55.5 Å². The molecular formula is C17H25N3O2. The molecule has 120 valence electrons. The summed E-state index contributed by atoms with van der Waals surface area (Å²) in [6.45, 7) is 4.28. The SMILES string of the molecule is Cc1noc(C)c1CNC(=O)NC12CC3CC(CC(C3)C1)C2. The van der Waals surface area contributed by atoms with Crippen LogP contribution in [-0.2, 0) is 6.54 Å². The third-order valence-electron chi connectivity index (χ3n) is 6.02. The number of nitrogens with one attached hydrogen (secondary N) is 2. The van der Waals surface area contributed by atoms with Gasteiger partial charge in [0.15, 0.2) is 0 Å². The molecule has 2 amide bonds. The van der Waals surface area contributed by atoms with E-state index in [0.717, 1.165) is 34.8 Å². The zero-order chi connectivity index (χ0) is 15.3. The topological polar surface area (TPSA) is 67.2 Å². The van der Waals surface area contributed by atoms with E-state index in [-0.39, 0.29) is 11.6 Å². The molecule has 0 aliphatic heterocycles. The lowest BCUT2D eigenvalue weighted by atomic mass is 9.53. The molecule has 4 aliphatic rings. The average Bonchev–Trinajstić information content (AvgIpc) is 2.73. The first-order chi connectivity index (χ1) is 10.5. The number of nitrogens with zero attached hydrogens (tertiary/aromatic N) is 1. The van der Waals surface area contributed by atoms with Gasteiger partial charge in [0.1, 0.15) is 5.76 Å². The Morgan fingerprint density at radius 1 is 1.18 bits per heavy atom. The van der Waals surface area contributed by atoms with E-state index in [2.05, 4.69) is 15.8 Å². The van der Waals surface area contributed by atoms with Gasteiger partial charge in [-0.05, 0) is 70.1 Å². The molecule has 0 spiro atoms. The fraction of sp³-hybridized carbons (Fsp3) is 0.765. The van der Waals surface area contributed by atoms with Crippen LogP contribution < -0.4 is 10.6 Å². The molecule has 4 fully saturated rings. The van der Waals surface area contributed by atoms with Crippen molar-refractivity contribution in [2.75, 3.05) is 0 Å². The summed E-state index contributed by atoms with van der Waals surface area (Å²) >= 11 is 0. The minimum atomic E-state index is -0.0399. The molecule has 0 saturated heterocycles. The van der Waals surface area contributed by atoms with Crippen molar-refractivity contribution >= 4 is 6.03 Å². The van der Waals surface area contributed by atoms with Crippen LogP contribution in [-0.4, -0.2) is 16.7 Å². The number of rotatable bonds is 3. The highest BCUT2D eigenvalue weighted by Gasteiger charge is 2.51. The van der Waals surface area contributed by atoms with Crippen molar-refractivity contribution < 1.29 is 9.32 Å². The van der Waals surface area contributed by atoms with Crippen LogP contribution in [0.25, 0.3) is 0 Å². The van der Waals surface area contributed by atoms with E-state index < -0.39 is 0 Å².